The molecule has 3 aromatic rings. The second-order valence-electron chi connectivity index (χ2n) is 8.68. The molecule has 170 valence electrons. The van der Waals surface area contributed by atoms with Gasteiger partial charge in [0.05, 0.1) is 17.0 Å². The Balaban J connectivity index is 1.69. The molecule has 6 heteroatoms. The minimum Gasteiger partial charge on any atom is -0.303 e. The summed E-state index contributed by atoms with van der Waals surface area (Å²) >= 11 is 0. The first-order valence-corrected chi connectivity index (χ1v) is 11.5. The standard InChI is InChI=1S/C27H26F3N3/c1-2-33-15-11-18(12-16-33)25-21-8-7-20(24-5-3-4-13-31-24)17-19(21)6-9-22-23(27(28,29)30)10-14-32-26(22)25/h3-5,7-8,10,13-14,17H,2,6,9,11-12,15-16H2,1H3. The first kappa shape index (κ1) is 21.8. The second kappa shape index (κ2) is 8.75. The van der Waals surface area contributed by atoms with Crippen LogP contribution in [0.15, 0.2) is 60.4 Å². The lowest BCUT2D eigenvalue weighted by molar-refractivity contribution is -0.138. The topological polar surface area (TPSA) is 29.0 Å². The average molecular weight is 450 g/mol. The molecule has 1 fully saturated rings. The number of nitrogens with zero attached hydrogens (tertiary/aromatic N) is 3. The van der Waals surface area contributed by atoms with Gasteiger partial charge in [-0.15, -0.1) is 0 Å². The van der Waals surface area contributed by atoms with E-state index in [0.29, 0.717) is 24.1 Å². The molecule has 0 N–H and O–H groups in total. The molecule has 0 spiro atoms. The van der Waals surface area contributed by atoms with Gasteiger partial charge in [-0.3, -0.25) is 9.97 Å². The van der Waals surface area contributed by atoms with E-state index >= 15 is 0 Å². The molecule has 1 aromatic carbocycles. The van der Waals surface area contributed by atoms with Crippen LogP contribution in [0.3, 0.4) is 0 Å². The van der Waals surface area contributed by atoms with Crippen LogP contribution in [-0.4, -0.2) is 34.5 Å². The number of benzene rings is 1. The Hall–Kier alpha value is -2.99. The highest BCUT2D eigenvalue weighted by Crippen LogP contribution is 2.42. The van der Waals surface area contributed by atoms with Gasteiger partial charge in [0, 0.05) is 36.6 Å². The molecule has 0 radical (unpaired) electrons. The van der Waals surface area contributed by atoms with Crippen molar-refractivity contribution in [1.82, 2.24) is 14.9 Å². The molecule has 3 nitrogen and oxygen atoms in total. The van der Waals surface area contributed by atoms with Crippen molar-refractivity contribution >= 4 is 5.57 Å². The molecule has 1 saturated heterocycles. The van der Waals surface area contributed by atoms with Crippen molar-refractivity contribution in [3.05, 3.63) is 88.4 Å². The fraction of sp³-hybridized carbons (Fsp3) is 0.333. The van der Waals surface area contributed by atoms with Crippen molar-refractivity contribution in [2.45, 2.75) is 38.8 Å². The summed E-state index contributed by atoms with van der Waals surface area (Å²) in [6.07, 6.45) is 1.22. The molecule has 2 aromatic heterocycles. The van der Waals surface area contributed by atoms with E-state index in [4.69, 9.17) is 0 Å². The third-order valence-corrected chi connectivity index (χ3v) is 6.84. The van der Waals surface area contributed by atoms with Gasteiger partial charge in [0.2, 0.25) is 0 Å². The van der Waals surface area contributed by atoms with Gasteiger partial charge in [-0.1, -0.05) is 30.7 Å². The number of aromatic nitrogens is 2. The average Bonchev–Trinajstić information content (AvgIpc) is 3.00. The van der Waals surface area contributed by atoms with E-state index in [1.807, 2.05) is 24.3 Å². The van der Waals surface area contributed by atoms with E-state index < -0.39 is 11.7 Å². The van der Waals surface area contributed by atoms with Gasteiger partial charge in [0.25, 0.3) is 0 Å². The lowest BCUT2D eigenvalue weighted by atomic mass is 9.87. The molecular formula is C27H26F3N3. The minimum atomic E-state index is -4.40. The van der Waals surface area contributed by atoms with Crippen molar-refractivity contribution in [1.29, 1.82) is 0 Å². The summed E-state index contributed by atoms with van der Waals surface area (Å²) in [5.41, 5.74) is 6.30. The zero-order valence-electron chi connectivity index (χ0n) is 18.6. The number of likely N-dealkylation sites (tertiary alicyclic amines) is 1. The fourth-order valence-corrected chi connectivity index (χ4v) is 5.10. The number of fused-ring (bicyclic) bond motifs is 2. The van der Waals surface area contributed by atoms with Crippen LogP contribution in [-0.2, 0) is 19.0 Å². The lowest BCUT2D eigenvalue weighted by Crippen LogP contribution is -2.30. The number of aryl methyl sites for hydroxylation is 1. The maximum Gasteiger partial charge on any atom is 0.416 e. The fourth-order valence-electron chi connectivity index (χ4n) is 5.10. The van der Waals surface area contributed by atoms with Crippen molar-refractivity contribution < 1.29 is 13.2 Å². The van der Waals surface area contributed by atoms with Crippen molar-refractivity contribution in [2.24, 2.45) is 0 Å². The van der Waals surface area contributed by atoms with Crippen LogP contribution in [0.2, 0.25) is 0 Å². The number of halogens is 3. The molecule has 1 aliphatic carbocycles. The van der Waals surface area contributed by atoms with Gasteiger partial charge in [0.1, 0.15) is 0 Å². The third kappa shape index (κ3) is 4.20. The predicted octanol–water partition coefficient (Wildman–Crippen LogP) is 6.18. The van der Waals surface area contributed by atoms with Gasteiger partial charge in [-0.2, -0.15) is 13.2 Å². The summed E-state index contributed by atoms with van der Waals surface area (Å²) in [7, 11) is 0. The molecule has 5 rings (SSSR count). The highest BCUT2D eigenvalue weighted by atomic mass is 19.4. The number of hydrogen-bond donors (Lipinski definition) is 0. The third-order valence-electron chi connectivity index (χ3n) is 6.84. The number of pyridine rings is 2. The quantitative estimate of drug-likeness (QED) is 0.468. The Labute approximate surface area is 192 Å². The van der Waals surface area contributed by atoms with E-state index in [2.05, 4.69) is 33.9 Å². The maximum absolute atomic E-state index is 13.9. The maximum atomic E-state index is 13.9. The van der Waals surface area contributed by atoms with E-state index in [0.717, 1.165) is 66.5 Å². The summed E-state index contributed by atoms with van der Waals surface area (Å²) in [5.74, 6) is 0. The van der Waals surface area contributed by atoms with Crippen LogP contribution < -0.4 is 0 Å². The van der Waals surface area contributed by atoms with Gasteiger partial charge < -0.3 is 4.90 Å². The Kier molecular flexibility index (Phi) is 5.79. The van der Waals surface area contributed by atoms with Crippen LogP contribution in [0.1, 0.15) is 47.7 Å². The lowest BCUT2D eigenvalue weighted by Gasteiger charge is -2.29. The molecule has 2 aliphatic rings. The summed E-state index contributed by atoms with van der Waals surface area (Å²) in [4.78, 5) is 11.4. The van der Waals surface area contributed by atoms with Crippen molar-refractivity contribution in [3.63, 3.8) is 0 Å². The summed E-state index contributed by atoms with van der Waals surface area (Å²) in [6.45, 7) is 4.97. The van der Waals surface area contributed by atoms with E-state index in [1.165, 1.54) is 11.8 Å². The first-order valence-electron chi connectivity index (χ1n) is 11.5. The Bertz CT molecular complexity index is 1190. The summed E-state index contributed by atoms with van der Waals surface area (Å²) in [5, 5.41) is 0. The highest BCUT2D eigenvalue weighted by molar-refractivity contribution is 5.86. The number of piperidine rings is 1. The molecule has 0 saturated carbocycles. The molecule has 0 bridgehead atoms. The normalized spacial score (nSPS) is 16.8. The van der Waals surface area contributed by atoms with Crippen LogP contribution in [0.4, 0.5) is 13.2 Å². The monoisotopic (exact) mass is 449 g/mol. The van der Waals surface area contributed by atoms with Crippen molar-refractivity contribution in [2.75, 3.05) is 19.6 Å². The molecule has 3 heterocycles. The van der Waals surface area contributed by atoms with Crippen LogP contribution >= 0.6 is 0 Å². The highest BCUT2D eigenvalue weighted by Gasteiger charge is 2.36. The first-order chi connectivity index (χ1) is 16.0. The molecular weight excluding hydrogens is 423 g/mol. The molecule has 0 atom stereocenters. The van der Waals surface area contributed by atoms with Crippen LogP contribution in [0.25, 0.3) is 16.8 Å². The van der Waals surface area contributed by atoms with Crippen molar-refractivity contribution in [3.8, 4) is 11.3 Å². The molecule has 1 aliphatic heterocycles. The summed E-state index contributed by atoms with van der Waals surface area (Å²) < 4.78 is 41.8. The number of hydrogen-bond acceptors (Lipinski definition) is 3. The smallest absolute Gasteiger partial charge is 0.303 e. The van der Waals surface area contributed by atoms with E-state index in [9.17, 15) is 13.2 Å². The molecule has 0 amide bonds. The Morgan fingerprint density at radius 2 is 1.73 bits per heavy atom. The zero-order valence-corrected chi connectivity index (χ0v) is 18.6. The second-order valence-corrected chi connectivity index (χ2v) is 8.68. The van der Waals surface area contributed by atoms with Gasteiger partial charge in [-0.25, -0.2) is 0 Å². The van der Waals surface area contributed by atoms with Crippen LogP contribution in [0, 0.1) is 0 Å². The minimum absolute atomic E-state index is 0.314. The van der Waals surface area contributed by atoms with Gasteiger partial charge in [-0.05, 0) is 73.2 Å². The Morgan fingerprint density at radius 1 is 0.909 bits per heavy atom. The number of alkyl halides is 3. The predicted molar refractivity (Wildman–Crippen MR) is 124 cm³/mol. The van der Waals surface area contributed by atoms with E-state index in [-0.39, 0.29) is 0 Å². The Morgan fingerprint density at radius 3 is 2.42 bits per heavy atom. The van der Waals surface area contributed by atoms with E-state index in [1.54, 1.807) is 6.20 Å². The SMILES string of the molecule is CCN1CCC(=C2c3ccc(-c4ccccn4)cc3CCc3c(C(F)(F)F)ccnc32)CC1. The number of rotatable bonds is 2. The molecule has 0 unspecified atom stereocenters. The van der Waals surface area contributed by atoms with Gasteiger partial charge in [0.15, 0.2) is 0 Å². The van der Waals surface area contributed by atoms with Gasteiger partial charge >= 0.3 is 6.18 Å². The molecule has 33 heavy (non-hydrogen) atoms. The largest absolute Gasteiger partial charge is 0.416 e. The van der Waals surface area contributed by atoms with Crippen LogP contribution in [0.5, 0.6) is 0 Å². The summed E-state index contributed by atoms with van der Waals surface area (Å²) in [6, 6.07) is 13.1. The zero-order chi connectivity index (χ0) is 23.0.